The van der Waals surface area contributed by atoms with Crippen LogP contribution in [0, 0.1) is 17.8 Å². The number of amides is 2. The first-order valence-electron chi connectivity index (χ1n) is 17.0. The van der Waals surface area contributed by atoms with Gasteiger partial charge in [-0.15, -0.1) is 24.9 Å². The lowest BCUT2D eigenvalue weighted by Gasteiger charge is -2.42. The normalized spacial score (nSPS) is 26.5. The van der Waals surface area contributed by atoms with Gasteiger partial charge in [0.1, 0.15) is 6.04 Å². The predicted octanol–water partition coefficient (Wildman–Crippen LogP) is 6.02. The van der Waals surface area contributed by atoms with Crippen LogP contribution in [-0.2, 0) is 19.1 Å². The molecule has 47 heavy (non-hydrogen) atoms. The van der Waals surface area contributed by atoms with Crippen LogP contribution in [0.25, 0.3) is 0 Å². The molecule has 2 bridgehead atoms. The number of carbonyl (C=O) groups is 3. The number of hydrogen-bond donors (Lipinski definition) is 1. The van der Waals surface area contributed by atoms with Gasteiger partial charge >= 0.3 is 5.97 Å². The maximum Gasteiger partial charge on any atom is 0.310 e. The van der Waals surface area contributed by atoms with Crippen LogP contribution in [0.2, 0.25) is 0 Å². The number of anilines is 2. The molecule has 5 rings (SSSR count). The third-order valence-electron chi connectivity index (χ3n) is 10.3. The SMILES string of the molecule is C=CCCCCOC(=O)[C@@H]1[C@@H]2CC(C)C3(S2)C(C(=O)N(CC=C)c2ccc(N(CC)CC)cc2)N([C@H](CO)c2ccccc2)C(=O)[C@H]13. The number of thioether (sulfide) groups is 1. The average Bonchev–Trinajstić information content (AvgIpc) is 3.68. The highest BCUT2D eigenvalue weighted by atomic mass is 32.2. The van der Waals surface area contributed by atoms with Gasteiger partial charge in [-0.1, -0.05) is 49.4 Å². The van der Waals surface area contributed by atoms with E-state index >= 15 is 4.79 Å². The molecule has 1 N–H and O–H groups in total. The Labute approximate surface area is 283 Å². The second kappa shape index (κ2) is 15.1. The van der Waals surface area contributed by atoms with Gasteiger partial charge in [0.2, 0.25) is 5.91 Å². The number of allylic oxidation sites excluding steroid dienone is 1. The zero-order valence-electron chi connectivity index (χ0n) is 27.9. The summed E-state index contributed by atoms with van der Waals surface area (Å²) in [5.74, 6) is -2.27. The highest BCUT2D eigenvalue weighted by Crippen LogP contribution is 2.69. The van der Waals surface area contributed by atoms with E-state index in [-0.39, 0.29) is 48.7 Å². The Balaban J connectivity index is 1.57. The molecule has 8 nitrogen and oxygen atoms in total. The maximum absolute atomic E-state index is 15.1. The van der Waals surface area contributed by atoms with E-state index in [0.29, 0.717) is 12.1 Å². The fourth-order valence-corrected chi connectivity index (χ4v) is 10.5. The Hall–Kier alpha value is -3.56. The fraction of sp³-hybridized carbons (Fsp3) is 0.500. The zero-order valence-corrected chi connectivity index (χ0v) is 28.7. The Bertz CT molecular complexity index is 1430. The summed E-state index contributed by atoms with van der Waals surface area (Å²) in [5.41, 5.74) is 2.51. The van der Waals surface area contributed by atoms with Crippen molar-refractivity contribution in [2.24, 2.45) is 17.8 Å². The lowest BCUT2D eigenvalue weighted by atomic mass is 9.66. The summed E-state index contributed by atoms with van der Waals surface area (Å²) in [6.07, 6.45) is 6.69. The minimum atomic E-state index is -0.907. The third-order valence-corrected chi connectivity index (χ3v) is 12.4. The largest absolute Gasteiger partial charge is 0.465 e. The molecule has 7 atom stereocenters. The first-order chi connectivity index (χ1) is 22.8. The molecular weight excluding hydrogens is 611 g/mol. The van der Waals surface area contributed by atoms with Crippen molar-refractivity contribution in [2.75, 3.05) is 42.6 Å². The number of ether oxygens (including phenoxy) is 1. The number of benzene rings is 2. The number of carbonyl (C=O) groups excluding carboxylic acids is 3. The summed E-state index contributed by atoms with van der Waals surface area (Å²) in [6.45, 7) is 15.9. The number of likely N-dealkylation sites (tertiary alicyclic amines) is 1. The fourth-order valence-electron chi connectivity index (χ4n) is 8.06. The Kier molecular flexibility index (Phi) is 11.2. The number of hydrogen-bond acceptors (Lipinski definition) is 7. The summed E-state index contributed by atoms with van der Waals surface area (Å²) in [5, 5.41) is 10.7. The van der Waals surface area contributed by atoms with Crippen LogP contribution in [0.15, 0.2) is 79.9 Å². The summed E-state index contributed by atoms with van der Waals surface area (Å²) in [4.78, 5) is 49.3. The van der Waals surface area contributed by atoms with Crippen LogP contribution < -0.4 is 9.80 Å². The number of aliphatic hydroxyl groups is 1. The molecule has 1 spiro atoms. The number of unbranched alkanes of at least 4 members (excludes halogenated alkanes) is 2. The Morgan fingerprint density at radius 2 is 1.74 bits per heavy atom. The van der Waals surface area contributed by atoms with Gasteiger partial charge in [0.25, 0.3) is 5.91 Å². The van der Waals surface area contributed by atoms with Gasteiger partial charge < -0.3 is 24.5 Å². The second-order valence-electron chi connectivity index (χ2n) is 12.8. The third kappa shape index (κ3) is 6.24. The Morgan fingerprint density at radius 1 is 1.06 bits per heavy atom. The van der Waals surface area contributed by atoms with Gasteiger partial charge in [0.05, 0.1) is 35.8 Å². The van der Waals surface area contributed by atoms with Gasteiger partial charge in [-0.3, -0.25) is 14.4 Å². The molecule has 2 amide bonds. The first kappa shape index (κ1) is 34.8. The van der Waals surface area contributed by atoms with Gasteiger partial charge in [0, 0.05) is 36.3 Å². The van der Waals surface area contributed by atoms with E-state index in [9.17, 15) is 14.7 Å². The van der Waals surface area contributed by atoms with Crippen molar-refractivity contribution in [3.05, 3.63) is 85.5 Å². The molecule has 2 aromatic rings. The second-order valence-corrected chi connectivity index (χ2v) is 14.3. The molecule has 0 saturated carbocycles. The summed E-state index contributed by atoms with van der Waals surface area (Å²) < 4.78 is 4.95. The van der Waals surface area contributed by atoms with E-state index in [1.54, 1.807) is 27.6 Å². The lowest BCUT2D eigenvalue weighted by molar-refractivity contribution is -0.155. The summed E-state index contributed by atoms with van der Waals surface area (Å²) in [7, 11) is 0. The highest BCUT2D eigenvalue weighted by Gasteiger charge is 2.77. The van der Waals surface area contributed by atoms with Gasteiger partial charge in [-0.2, -0.15) is 0 Å². The number of aliphatic hydroxyl groups excluding tert-OH is 1. The van der Waals surface area contributed by atoms with E-state index in [4.69, 9.17) is 4.74 Å². The van der Waals surface area contributed by atoms with Crippen molar-refractivity contribution in [3.8, 4) is 0 Å². The van der Waals surface area contributed by atoms with Gasteiger partial charge in [-0.05, 0) is 75.3 Å². The minimum Gasteiger partial charge on any atom is -0.465 e. The molecule has 3 saturated heterocycles. The van der Waals surface area contributed by atoms with Crippen LogP contribution in [0.3, 0.4) is 0 Å². The molecule has 3 heterocycles. The van der Waals surface area contributed by atoms with Crippen molar-refractivity contribution in [1.29, 1.82) is 0 Å². The number of esters is 1. The average molecular weight is 660 g/mol. The maximum atomic E-state index is 15.1. The van der Waals surface area contributed by atoms with Crippen molar-refractivity contribution < 1.29 is 24.2 Å². The molecular formula is C38H49N3O5S. The van der Waals surface area contributed by atoms with E-state index in [0.717, 1.165) is 43.6 Å². The van der Waals surface area contributed by atoms with Crippen LogP contribution in [-0.4, -0.2) is 76.7 Å². The molecule has 3 aliphatic heterocycles. The molecule has 252 valence electrons. The molecule has 3 unspecified atom stereocenters. The molecule has 0 aliphatic carbocycles. The molecule has 3 aliphatic rings. The van der Waals surface area contributed by atoms with Crippen molar-refractivity contribution >= 4 is 40.9 Å². The monoisotopic (exact) mass is 659 g/mol. The molecule has 0 radical (unpaired) electrons. The minimum absolute atomic E-state index is 0.0206. The van der Waals surface area contributed by atoms with Crippen LogP contribution >= 0.6 is 11.8 Å². The van der Waals surface area contributed by atoms with Gasteiger partial charge in [0.15, 0.2) is 0 Å². The smallest absolute Gasteiger partial charge is 0.310 e. The molecule has 0 aromatic heterocycles. The summed E-state index contributed by atoms with van der Waals surface area (Å²) >= 11 is 1.61. The van der Waals surface area contributed by atoms with E-state index in [1.165, 1.54) is 0 Å². The quantitative estimate of drug-likeness (QED) is 0.134. The summed E-state index contributed by atoms with van der Waals surface area (Å²) in [6, 6.07) is 15.6. The van der Waals surface area contributed by atoms with Crippen molar-refractivity contribution in [1.82, 2.24) is 4.90 Å². The van der Waals surface area contributed by atoms with Crippen molar-refractivity contribution in [2.45, 2.75) is 68.5 Å². The lowest BCUT2D eigenvalue weighted by Crippen LogP contribution is -2.58. The predicted molar refractivity (Wildman–Crippen MR) is 189 cm³/mol. The molecule has 2 aromatic carbocycles. The van der Waals surface area contributed by atoms with Gasteiger partial charge in [-0.25, -0.2) is 0 Å². The number of nitrogens with zero attached hydrogens (tertiary/aromatic N) is 3. The Morgan fingerprint density at radius 3 is 2.36 bits per heavy atom. The van der Waals surface area contributed by atoms with E-state index in [1.807, 2.05) is 60.7 Å². The van der Waals surface area contributed by atoms with Crippen LogP contribution in [0.4, 0.5) is 11.4 Å². The number of rotatable bonds is 16. The number of fused-ring (bicyclic) bond motifs is 1. The first-order valence-corrected chi connectivity index (χ1v) is 17.9. The standard InChI is InChI=1S/C38H49N3O5S/c1-6-10-11-15-23-46-37(45)32-31-24-26(5)38(47-31)33(32)35(43)41(30(25-42)27-16-13-12-14-17-27)34(38)36(44)40(22-7-2)29-20-18-28(19-21-29)39(8-3)9-4/h6-7,12-14,16-21,26,30-34,42H,1-2,8-11,15,22-25H2,3-5H3/t26?,30-,31+,32-,33+,34?,38?/m1/s1. The van der Waals surface area contributed by atoms with Crippen LogP contribution in [0.1, 0.15) is 58.1 Å². The molecule has 9 heteroatoms. The topological polar surface area (TPSA) is 90.4 Å². The van der Waals surface area contributed by atoms with Crippen LogP contribution in [0.5, 0.6) is 0 Å². The molecule has 3 fully saturated rings. The highest BCUT2D eigenvalue weighted by molar-refractivity contribution is 8.02. The van der Waals surface area contributed by atoms with E-state index < -0.39 is 28.7 Å². The van der Waals surface area contributed by atoms with E-state index in [2.05, 4.69) is 38.8 Å². The van der Waals surface area contributed by atoms with Crippen molar-refractivity contribution in [3.63, 3.8) is 0 Å². The zero-order chi connectivity index (χ0) is 33.7.